The van der Waals surface area contributed by atoms with Crippen molar-refractivity contribution in [2.45, 2.75) is 19.3 Å². The standard InChI is InChI=1S/C12H11F3N2OS/c1-8(11-16-5-6-19-11)17-9-3-2-4-10(7-9)18-12(13,14)15/h2-8,17H,1H3. The van der Waals surface area contributed by atoms with Crippen LogP contribution >= 0.6 is 11.3 Å². The Labute approximate surface area is 112 Å². The molecule has 0 spiro atoms. The fraction of sp³-hybridized carbons (Fsp3) is 0.250. The van der Waals surface area contributed by atoms with E-state index in [4.69, 9.17) is 0 Å². The van der Waals surface area contributed by atoms with Gasteiger partial charge in [0.15, 0.2) is 0 Å². The van der Waals surface area contributed by atoms with Crippen LogP contribution in [0.4, 0.5) is 18.9 Å². The first-order valence-electron chi connectivity index (χ1n) is 5.46. The quantitative estimate of drug-likeness (QED) is 0.915. The Balaban J connectivity index is 2.07. The maximum absolute atomic E-state index is 12.1. The predicted molar refractivity (Wildman–Crippen MR) is 67.3 cm³/mol. The summed E-state index contributed by atoms with van der Waals surface area (Å²) in [4.78, 5) is 4.14. The predicted octanol–water partition coefficient (Wildman–Crippen LogP) is 4.21. The van der Waals surface area contributed by atoms with Gasteiger partial charge in [-0.05, 0) is 19.1 Å². The van der Waals surface area contributed by atoms with E-state index in [2.05, 4.69) is 15.0 Å². The molecule has 0 aliphatic rings. The second-order valence-electron chi connectivity index (χ2n) is 3.81. The first-order chi connectivity index (χ1) is 8.94. The van der Waals surface area contributed by atoms with Crippen LogP contribution in [0.25, 0.3) is 0 Å². The molecule has 0 saturated carbocycles. The summed E-state index contributed by atoms with van der Waals surface area (Å²) in [6, 6.07) is 5.65. The molecule has 1 N–H and O–H groups in total. The lowest BCUT2D eigenvalue weighted by Crippen LogP contribution is -2.17. The molecule has 1 aromatic carbocycles. The second-order valence-corrected chi connectivity index (χ2v) is 4.74. The molecule has 1 aromatic heterocycles. The molecule has 7 heteroatoms. The van der Waals surface area contributed by atoms with Crippen molar-refractivity contribution in [1.29, 1.82) is 0 Å². The number of aromatic nitrogens is 1. The summed E-state index contributed by atoms with van der Waals surface area (Å²) in [6.07, 6.45) is -3.00. The summed E-state index contributed by atoms with van der Waals surface area (Å²) in [5.41, 5.74) is 0.546. The third-order valence-corrected chi connectivity index (χ3v) is 3.23. The van der Waals surface area contributed by atoms with Gasteiger partial charge in [0.1, 0.15) is 10.8 Å². The minimum Gasteiger partial charge on any atom is -0.406 e. The van der Waals surface area contributed by atoms with Crippen LogP contribution in [0.5, 0.6) is 5.75 Å². The van der Waals surface area contributed by atoms with Gasteiger partial charge >= 0.3 is 6.36 Å². The summed E-state index contributed by atoms with van der Waals surface area (Å²) in [5.74, 6) is -0.246. The van der Waals surface area contributed by atoms with E-state index in [0.717, 1.165) is 5.01 Å². The zero-order chi connectivity index (χ0) is 13.9. The van der Waals surface area contributed by atoms with Crippen molar-refractivity contribution in [2.75, 3.05) is 5.32 Å². The highest BCUT2D eigenvalue weighted by Crippen LogP contribution is 2.27. The van der Waals surface area contributed by atoms with Gasteiger partial charge in [-0.25, -0.2) is 4.98 Å². The van der Waals surface area contributed by atoms with Crippen molar-refractivity contribution < 1.29 is 17.9 Å². The van der Waals surface area contributed by atoms with Gasteiger partial charge < -0.3 is 10.1 Å². The summed E-state index contributed by atoms with van der Waals surface area (Å²) >= 11 is 1.48. The molecule has 0 bridgehead atoms. The van der Waals surface area contributed by atoms with Crippen molar-refractivity contribution in [2.24, 2.45) is 0 Å². The molecule has 0 aliphatic heterocycles. The van der Waals surface area contributed by atoms with Crippen molar-refractivity contribution in [3.8, 4) is 5.75 Å². The molecule has 2 rings (SSSR count). The Kier molecular flexibility index (Phi) is 3.94. The fourth-order valence-corrected chi connectivity index (χ4v) is 2.19. The first-order valence-corrected chi connectivity index (χ1v) is 6.34. The van der Waals surface area contributed by atoms with E-state index in [1.54, 1.807) is 12.3 Å². The largest absolute Gasteiger partial charge is 0.573 e. The van der Waals surface area contributed by atoms with Crippen LogP contribution < -0.4 is 10.1 Å². The number of hydrogen-bond donors (Lipinski definition) is 1. The number of halogens is 3. The normalized spacial score (nSPS) is 13.1. The average Bonchev–Trinajstić information content (AvgIpc) is 2.80. The number of nitrogens with zero attached hydrogens (tertiary/aromatic N) is 1. The zero-order valence-corrected chi connectivity index (χ0v) is 10.8. The number of anilines is 1. The summed E-state index contributed by atoms with van der Waals surface area (Å²) in [7, 11) is 0. The zero-order valence-electron chi connectivity index (χ0n) is 9.94. The number of alkyl halides is 3. The summed E-state index contributed by atoms with van der Waals surface area (Å²) < 4.78 is 40.2. The number of benzene rings is 1. The van der Waals surface area contributed by atoms with E-state index in [9.17, 15) is 13.2 Å². The molecule has 0 amide bonds. The van der Waals surface area contributed by atoms with E-state index >= 15 is 0 Å². The minimum absolute atomic E-state index is 0.0823. The molecule has 19 heavy (non-hydrogen) atoms. The third kappa shape index (κ3) is 4.13. The fourth-order valence-electron chi connectivity index (χ4n) is 1.54. The summed E-state index contributed by atoms with van der Waals surface area (Å²) in [5, 5.41) is 5.78. The van der Waals surface area contributed by atoms with E-state index in [-0.39, 0.29) is 11.8 Å². The number of rotatable bonds is 4. The van der Waals surface area contributed by atoms with Crippen LogP contribution in [0.3, 0.4) is 0 Å². The van der Waals surface area contributed by atoms with Gasteiger partial charge in [0, 0.05) is 23.3 Å². The number of hydrogen-bond acceptors (Lipinski definition) is 4. The van der Waals surface area contributed by atoms with E-state index in [0.29, 0.717) is 5.69 Å². The Morgan fingerprint density at radius 1 is 1.37 bits per heavy atom. The molecule has 102 valence electrons. The van der Waals surface area contributed by atoms with Crippen molar-refractivity contribution in [3.05, 3.63) is 40.8 Å². The molecule has 0 aliphatic carbocycles. The topological polar surface area (TPSA) is 34.1 Å². The van der Waals surface area contributed by atoms with Gasteiger partial charge in [-0.3, -0.25) is 0 Å². The molecule has 1 atom stereocenters. The number of nitrogens with one attached hydrogen (secondary N) is 1. The summed E-state index contributed by atoms with van der Waals surface area (Å²) in [6.45, 7) is 1.89. The van der Waals surface area contributed by atoms with Crippen LogP contribution in [-0.2, 0) is 0 Å². The molecule has 0 fully saturated rings. The lowest BCUT2D eigenvalue weighted by molar-refractivity contribution is -0.274. The van der Waals surface area contributed by atoms with Crippen LogP contribution in [0.2, 0.25) is 0 Å². The van der Waals surface area contributed by atoms with Crippen molar-refractivity contribution in [3.63, 3.8) is 0 Å². The molecule has 1 unspecified atom stereocenters. The van der Waals surface area contributed by atoms with E-state index in [1.807, 2.05) is 12.3 Å². The van der Waals surface area contributed by atoms with E-state index < -0.39 is 6.36 Å². The van der Waals surface area contributed by atoms with Gasteiger partial charge in [0.05, 0.1) is 6.04 Å². The van der Waals surface area contributed by atoms with Crippen LogP contribution in [-0.4, -0.2) is 11.3 Å². The molecular weight excluding hydrogens is 277 g/mol. The number of thiazole rings is 1. The van der Waals surface area contributed by atoms with Gasteiger partial charge in [-0.2, -0.15) is 0 Å². The highest BCUT2D eigenvalue weighted by atomic mass is 32.1. The third-order valence-electron chi connectivity index (χ3n) is 2.27. The van der Waals surface area contributed by atoms with Gasteiger partial charge in [0.2, 0.25) is 0 Å². The van der Waals surface area contributed by atoms with Gasteiger partial charge in [-0.1, -0.05) is 6.07 Å². The molecule has 0 radical (unpaired) electrons. The molecule has 0 saturated heterocycles. The monoisotopic (exact) mass is 288 g/mol. The SMILES string of the molecule is CC(Nc1cccc(OC(F)(F)F)c1)c1nccs1. The average molecular weight is 288 g/mol. The lowest BCUT2D eigenvalue weighted by atomic mass is 10.2. The maximum Gasteiger partial charge on any atom is 0.573 e. The highest BCUT2D eigenvalue weighted by molar-refractivity contribution is 7.09. The maximum atomic E-state index is 12.1. The second kappa shape index (κ2) is 5.48. The molecule has 1 heterocycles. The minimum atomic E-state index is -4.68. The molecule has 3 nitrogen and oxygen atoms in total. The van der Waals surface area contributed by atoms with E-state index in [1.165, 1.54) is 29.5 Å². The van der Waals surface area contributed by atoms with Crippen LogP contribution in [0.1, 0.15) is 18.0 Å². The van der Waals surface area contributed by atoms with Gasteiger partial charge in [0.25, 0.3) is 0 Å². The van der Waals surface area contributed by atoms with Crippen molar-refractivity contribution >= 4 is 17.0 Å². The van der Waals surface area contributed by atoms with Gasteiger partial charge in [-0.15, -0.1) is 24.5 Å². The van der Waals surface area contributed by atoms with Crippen LogP contribution in [0.15, 0.2) is 35.8 Å². The Morgan fingerprint density at radius 3 is 2.79 bits per heavy atom. The smallest absolute Gasteiger partial charge is 0.406 e. The van der Waals surface area contributed by atoms with Crippen molar-refractivity contribution in [1.82, 2.24) is 4.98 Å². The Morgan fingerprint density at radius 2 is 2.16 bits per heavy atom. The highest BCUT2D eigenvalue weighted by Gasteiger charge is 2.31. The molecular formula is C12H11F3N2OS. The lowest BCUT2D eigenvalue weighted by Gasteiger charge is -2.14. The first kappa shape index (κ1) is 13.7. The van der Waals surface area contributed by atoms with Crippen LogP contribution in [0, 0.1) is 0 Å². The Hall–Kier alpha value is -1.76. The molecule has 2 aromatic rings. The Bertz CT molecular complexity index is 528. The number of ether oxygens (including phenoxy) is 1.